The molecule has 0 aliphatic carbocycles. The molecule has 0 spiro atoms. The van der Waals surface area contributed by atoms with Gasteiger partial charge in [-0.05, 0) is 48.7 Å². The molecule has 4 rings (SSSR count). The predicted octanol–water partition coefficient (Wildman–Crippen LogP) is 3.92. The highest BCUT2D eigenvalue weighted by Crippen LogP contribution is 2.32. The third kappa shape index (κ3) is 3.94. The molecule has 0 saturated carbocycles. The molecular weight excluding hydrogens is 394 g/mol. The van der Waals surface area contributed by atoms with Crippen molar-refractivity contribution < 1.29 is 14.6 Å². The summed E-state index contributed by atoms with van der Waals surface area (Å²) in [6.45, 7) is 3.85. The standard InChI is InChI=1S/C24H23N3O4/c1-13-7-14(2)23(28)16(8-13)18-6-5-15(12-25-18)9-22-26-19-11-21(31-4)20(30-3)10-17(19)24(29)27-22/h5-8,10-12,28H,9H2,1-4H3,(H,26,27,29). The molecule has 0 atom stereocenters. The van der Waals surface area contributed by atoms with E-state index < -0.39 is 0 Å². The summed E-state index contributed by atoms with van der Waals surface area (Å²) in [5.41, 5.74) is 4.42. The number of methoxy groups -OCH3 is 2. The van der Waals surface area contributed by atoms with Gasteiger partial charge in [-0.1, -0.05) is 12.1 Å². The van der Waals surface area contributed by atoms with Gasteiger partial charge < -0.3 is 19.6 Å². The molecule has 2 N–H and O–H groups in total. The van der Waals surface area contributed by atoms with Gasteiger partial charge in [0, 0.05) is 24.2 Å². The molecule has 31 heavy (non-hydrogen) atoms. The number of aryl methyl sites for hydroxylation is 2. The summed E-state index contributed by atoms with van der Waals surface area (Å²) in [6.07, 6.45) is 2.14. The van der Waals surface area contributed by atoms with Crippen molar-refractivity contribution in [3.63, 3.8) is 0 Å². The third-order valence-corrected chi connectivity index (χ3v) is 5.18. The second-order valence-corrected chi connectivity index (χ2v) is 7.44. The van der Waals surface area contributed by atoms with E-state index in [0.29, 0.717) is 45.9 Å². The summed E-state index contributed by atoms with van der Waals surface area (Å²) in [5.74, 6) is 1.74. The zero-order valence-corrected chi connectivity index (χ0v) is 17.8. The van der Waals surface area contributed by atoms with Crippen LogP contribution < -0.4 is 15.0 Å². The number of hydrogen-bond acceptors (Lipinski definition) is 6. The van der Waals surface area contributed by atoms with Gasteiger partial charge >= 0.3 is 0 Å². The Hall–Kier alpha value is -3.87. The molecular formula is C24H23N3O4. The van der Waals surface area contributed by atoms with Crippen molar-refractivity contribution in [1.29, 1.82) is 0 Å². The first-order chi connectivity index (χ1) is 14.9. The number of phenols is 1. The van der Waals surface area contributed by atoms with E-state index in [1.807, 2.05) is 38.1 Å². The van der Waals surface area contributed by atoms with Gasteiger partial charge in [0.1, 0.15) is 11.6 Å². The number of H-pyrrole nitrogens is 1. The number of benzene rings is 2. The van der Waals surface area contributed by atoms with Crippen LogP contribution in [0.25, 0.3) is 22.2 Å². The fourth-order valence-electron chi connectivity index (χ4n) is 3.64. The van der Waals surface area contributed by atoms with Crippen LogP contribution in [0.5, 0.6) is 17.2 Å². The minimum atomic E-state index is -0.245. The zero-order valence-electron chi connectivity index (χ0n) is 17.8. The first-order valence-corrected chi connectivity index (χ1v) is 9.80. The van der Waals surface area contributed by atoms with Crippen LogP contribution >= 0.6 is 0 Å². The Morgan fingerprint density at radius 1 is 1.03 bits per heavy atom. The quantitative estimate of drug-likeness (QED) is 0.511. The number of rotatable bonds is 5. The Balaban J connectivity index is 1.66. The molecule has 0 unspecified atom stereocenters. The van der Waals surface area contributed by atoms with Gasteiger partial charge in [-0.25, -0.2) is 4.98 Å². The van der Waals surface area contributed by atoms with Crippen molar-refractivity contribution in [2.75, 3.05) is 14.2 Å². The smallest absolute Gasteiger partial charge is 0.258 e. The van der Waals surface area contributed by atoms with Crippen molar-refractivity contribution >= 4 is 10.9 Å². The topological polar surface area (TPSA) is 97.3 Å². The zero-order chi connectivity index (χ0) is 22.1. The fraction of sp³-hybridized carbons (Fsp3) is 0.208. The summed E-state index contributed by atoms with van der Waals surface area (Å²) in [7, 11) is 3.06. The van der Waals surface area contributed by atoms with E-state index in [-0.39, 0.29) is 11.3 Å². The van der Waals surface area contributed by atoms with E-state index in [1.165, 1.54) is 7.11 Å². The van der Waals surface area contributed by atoms with Crippen LogP contribution in [0, 0.1) is 13.8 Å². The average molecular weight is 417 g/mol. The lowest BCUT2D eigenvalue weighted by atomic mass is 10.0. The van der Waals surface area contributed by atoms with Crippen molar-refractivity contribution in [2.24, 2.45) is 0 Å². The van der Waals surface area contributed by atoms with Crippen LogP contribution in [0.3, 0.4) is 0 Å². The van der Waals surface area contributed by atoms with Gasteiger partial charge in [-0.15, -0.1) is 0 Å². The lowest BCUT2D eigenvalue weighted by Crippen LogP contribution is -2.12. The summed E-state index contributed by atoms with van der Waals surface area (Å²) in [5, 5.41) is 10.8. The van der Waals surface area contributed by atoms with Gasteiger partial charge in [0.15, 0.2) is 11.5 Å². The lowest BCUT2D eigenvalue weighted by Gasteiger charge is -2.10. The number of nitrogens with one attached hydrogen (secondary N) is 1. The first-order valence-electron chi connectivity index (χ1n) is 9.80. The van der Waals surface area contributed by atoms with Crippen molar-refractivity contribution in [3.05, 3.63) is 75.5 Å². The van der Waals surface area contributed by atoms with E-state index in [2.05, 4.69) is 15.0 Å². The van der Waals surface area contributed by atoms with Crippen LogP contribution in [-0.2, 0) is 6.42 Å². The number of pyridine rings is 1. The minimum absolute atomic E-state index is 0.232. The predicted molar refractivity (Wildman–Crippen MR) is 119 cm³/mol. The molecule has 0 radical (unpaired) electrons. The maximum Gasteiger partial charge on any atom is 0.258 e. The Labute approximate surface area is 179 Å². The molecule has 158 valence electrons. The summed E-state index contributed by atoms with van der Waals surface area (Å²) in [6, 6.07) is 10.9. The number of fused-ring (bicyclic) bond motifs is 1. The van der Waals surface area contributed by atoms with Crippen LogP contribution in [0.2, 0.25) is 0 Å². The number of nitrogens with zero attached hydrogens (tertiary/aromatic N) is 2. The molecule has 0 saturated heterocycles. The van der Waals surface area contributed by atoms with E-state index in [1.54, 1.807) is 25.4 Å². The van der Waals surface area contributed by atoms with E-state index >= 15 is 0 Å². The highest BCUT2D eigenvalue weighted by molar-refractivity contribution is 5.81. The molecule has 0 aliphatic rings. The molecule has 0 amide bonds. The average Bonchev–Trinajstić information content (AvgIpc) is 2.76. The molecule has 4 aromatic rings. The van der Waals surface area contributed by atoms with E-state index in [9.17, 15) is 9.90 Å². The maximum absolute atomic E-state index is 12.6. The molecule has 2 aromatic heterocycles. The Bertz CT molecular complexity index is 1330. The van der Waals surface area contributed by atoms with Gasteiger partial charge in [0.25, 0.3) is 5.56 Å². The normalized spacial score (nSPS) is 11.0. The largest absolute Gasteiger partial charge is 0.507 e. The Kier molecular flexibility index (Phi) is 5.33. The minimum Gasteiger partial charge on any atom is -0.507 e. The SMILES string of the molecule is COc1cc2nc(Cc3ccc(-c4cc(C)cc(C)c4O)nc3)[nH]c(=O)c2cc1OC. The molecule has 7 nitrogen and oxygen atoms in total. The van der Waals surface area contributed by atoms with Crippen LogP contribution in [-0.4, -0.2) is 34.3 Å². The summed E-state index contributed by atoms with van der Waals surface area (Å²) < 4.78 is 10.6. The number of aromatic hydroxyl groups is 1. The number of ether oxygens (including phenoxy) is 2. The summed E-state index contributed by atoms with van der Waals surface area (Å²) in [4.78, 5) is 24.5. The van der Waals surface area contributed by atoms with E-state index in [0.717, 1.165) is 16.7 Å². The second-order valence-electron chi connectivity index (χ2n) is 7.44. The first kappa shape index (κ1) is 20.4. The monoisotopic (exact) mass is 417 g/mol. The van der Waals surface area contributed by atoms with Gasteiger partial charge in [-0.3, -0.25) is 9.78 Å². The van der Waals surface area contributed by atoms with E-state index in [4.69, 9.17) is 9.47 Å². The summed E-state index contributed by atoms with van der Waals surface area (Å²) >= 11 is 0. The molecule has 2 aromatic carbocycles. The Morgan fingerprint density at radius 3 is 2.45 bits per heavy atom. The highest BCUT2D eigenvalue weighted by atomic mass is 16.5. The van der Waals surface area contributed by atoms with Crippen LogP contribution in [0.1, 0.15) is 22.5 Å². The maximum atomic E-state index is 12.6. The van der Waals surface area contributed by atoms with Crippen molar-refractivity contribution in [2.45, 2.75) is 20.3 Å². The van der Waals surface area contributed by atoms with Crippen LogP contribution in [0.4, 0.5) is 0 Å². The molecule has 0 bridgehead atoms. The number of aromatic amines is 1. The second kappa shape index (κ2) is 8.10. The van der Waals surface area contributed by atoms with Crippen LogP contribution in [0.15, 0.2) is 47.4 Å². The Morgan fingerprint density at radius 2 is 1.77 bits per heavy atom. The van der Waals surface area contributed by atoms with Gasteiger partial charge in [0.2, 0.25) is 0 Å². The lowest BCUT2D eigenvalue weighted by molar-refractivity contribution is 0.355. The van der Waals surface area contributed by atoms with Crippen molar-refractivity contribution in [3.8, 4) is 28.5 Å². The fourth-order valence-corrected chi connectivity index (χ4v) is 3.64. The number of aromatic nitrogens is 3. The number of hydrogen-bond donors (Lipinski definition) is 2. The molecule has 0 fully saturated rings. The van der Waals surface area contributed by atoms with Gasteiger partial charge in [0.05, 0.1) is 30.8 Å². The third-order valence-electron chi connectivity index (χ3n) is 5.18. The molecule has 7 heteroatoms. The molecule has 2 heterocycles. The van der Waals surface area contributed by atoms with Gasteiger partial charge in [-0.2, -0.15) is 0 Å². The highest BCUT2D eigenvalue weighted by Gasteiger charge is 2.13. The number of phenolic OH excluding ortho intramolecular Hbond substituents is 1. The van der Waals surface area contributed by atoms with Crippen molar-refractivity contribution in [1.82, 2.24) is 15.0 Å². The molecule has 0 aliphatic heterocycles.